The van der Waals surface area contributed by atoms with E-state index in [-0.39, 0.29) is 6.41 Å². The Balaban J connectivity index is -0.000000661. The largest absolute Gasteiger partial charge is 0.372 e. The minimum atomic E-state index is 0.250. The normalized spacial score (nSPS) is 9.05. The maximum atomic E-state index is 8.58. The Morgan fingerprint density at radius 2 is 1.14 bits per heavy atom. The Kier molecular flexibility index (Phi) is 38.5. The number of nitrogens with two attached hydrogens (primary N) is 3. The van der Waals surface area contributed by atoms with Crippen molar-refractivity contribution in [3.8, 4) is 0 Å². The van der Waals surface area contributed by atoms with Gasteiger partial charge in [0.25, 0.3) is 0 Å². The number of carbonyl (C=O) groups is 3. The monoisotopic (exact) mass is 583 g/mol. The molecule has 1 amide bonds. The Morgan fingerprint density at radius 1 is 0.667 bits per heavy atom. The first-order valence-corrected chi connectivity index (χ1v) is 14.7. The molecule has 0 aromatic heterocycles. The molecule has 0 spiro atoms. The van der Waals surface area contributed by atoms with Crippen LogP contribution in [0, 0.1) is 0 Å². The van der Waals surface area contributed by atoms with Gasteiger partial charge in [-0.1, -0.05) is 99.0 Å². The lowest BCUT2D eigenvalue weighted by Gasteiger charge is -2.05. The zero-order valence-corrected chi connectivity index (χ0v) is 26.1. The van der Waals surface area contributed by atoms with Crippen molar-refractivity contribution < 1.29 is 14.4 Å². The number of hydrogen-bond acceptors (Lipinski definition) is 7. The van der Waals surface area contributed by atoms with Crippen molar-refractivity contribution in [3.63, 3.8) is 0 Å². The van der Waals surface area contributed by atoms with E-state index in [1.807, 2.05) is 20.6 Å². The molecule has 8 nitrogen and oxygen atoms in total. The Morgan fingerprint density at radius 3 is 1.62 bits per heavy atom. The van der Waals surface area contributed by atoms with Crippen molar-refractivity contribution in [2.24, 2.45) is 17.2 Å². The molecule has 3 aromatic rings. The maximum Gasteiger partial charge on any atom is 0.204 e. The van der Waals surface area contributed by atoms with Gasteiger partial charge in [0.15, 0.2) is 0 Å². The first kappa shape index (κ1) is 43.0. The molecule has 0 bridgehead atoms. The third-order valence-electron chi connectivity index (χ3n) is 5.80. The number of carbonyl (C=O) groups excluding carboxylic acids is 3. The summed E-state index contributed by atoms with van der Waals surface area (Å²) < 4.78 is 0. The van der Waals surface area contributed by atoms with Crippen LogP contribution in [0.3, 0.4) is 0 Å². The highest BCUT2D eigenvalue weighted by atomic mass is 16.1. The third-order valence-corrected chi connectivity index (χ3v) is 5.80. The van der Waals surface area contributed by atoms with Gasteiger partial charge in [-0.3, -0.25) is 4.79 Å². The van der Waals surface area contributed by atoms with E-state index >= 15 is 0 Å². The van der Waals surface area contributed by atoms with E-state index in [1.165, 1.54) is 66.8 Å². The van der Waals surface area contributed by atoms with Crippen LogP contribution in [0.25, 0.3) is 10.8 Å². The standard InChI is InChI=1S/C23H26.2C4H12N2.CH3NO.2CH2O/c1(2-5-11-20-12-7-4-8-13-20)3-6-14-21-17-18-22-15-9-10-16-23(22)19-21;1-3-6-4-5-2;5-3-1-2-4-6;2-1-3;2*1-2/h4,7-10,12-13,15-19H,1-3,5-6,11,14H2;5-6H,3-4H2,1-2H3;1-6H2;1H,(H2,2,3);2*1H2. The Labute approximate surface area is 254 Å². The fraction of sp³-hybridized carbons (Fsp3) is 0.441. The molecule has 0 aliphatic rings. The summed E-state index contributed by atoms with van der Waals surface area (Å²) in [6.07, 6.45) is 11.5. The smallest absolute Gasteiger partial charge is 0.204 e. The molecule has 0 aliphatic carbocycles. The van der Waals surface area contributed by atoms with Gasteiger partial charge in [-0.15, -0.1) is 0 Å². The van der Waals surface area contributed by atoms with E-state index in [2.05, 4.69) is 96.1 Å². The molecule has 0 fully saturated rings. The number of hydrogen-bond donors (Lipinski definition) is 5. The summed E-state index contributed by atoms with van der Waals surface area (Å²) in [5.74, 6) is 0. The van der Waals surface area contributed by atoms with Crippen molar-refractivity contribution in [1.29, 1.82) is 0 Å². The maximum absolute atomic E-state index is 8.58. The summed E-state index contributed by atoms with van der Waals surface area (Å²) >= 11 is 0. The SMILES string of the molecule is C=O.C=O.CCNCNC.NC=O.NCCCCN.c1ccc(CCCCCCCc2ccc3ccccc3c2)cc1. The van der Waals surface area contributed by atoms with E-state index in [4.69, 9.17) is 25.9 Å². The van der Waals surface area contributed by atoms with Gasteiger partial charge in [0.1, 0.15) is 13.6 Å². The Bertz CT molecular complexity index is 927. The van der Waals surface area contributed by atoms with Crippen molar-refractivity contribution >= 4 is 30.8 Å². The molecule has 0 saturated carbocycles. The summed E-state index contributed by atoms with van der Waals surface area (Å²) in [6, 6.07) is 26.4. The fourth-order valence-electron chi connectivity index (χ4n) is 3.77. The van der Waals surface area contributed by atoms with Crippen LogP contribution < -0.4 is 27.8 Å². The van der Waals surface area contributed by atoms with Crippen LogP contribution in [-0.2, 0) is 27.2 Å². The second-order valence-corrected chi connectivity index (χ2v) is 8.99. The van der Waals surface area contributed by atoms with Crippen molar-refractivity contribution in [3.05, 3.63) is 83.9 Å². The molecule has 0 unspecified atom stereocenters. The van der Waals surface area contributed by atoms with Crippen LogP contribution >= 0.6 is 0 Å². The lowest BCUT2D eigenvalue weighted by molar-refractivity contribution is -0.107. The van der Waals surface area contributed by atoms with Crippen LogP contribution in [0.2, 0.25) is 0 Å². The van der Waals surface area contributed by atoms with Gasteiger partial charge in [-0.2, -0.15) is 0 Å². The molecule has 0 saturated heterocycles. The van der Waals surface area contributed by atoms with Crippen molar-refractivity contribution in [1.82, 2.24) is 10.6 Å². The van der Waals surface area contributed by atoms with E-state index in [9.17, 15) is 0 Å². The molecule has 0 atom stereocenters. The lowest BCUT2D eigenvalue weighted by atomic mass is 10.0. The minimum Gasteiger partial charge on any atom is -0.372 e. The molecular formula is C34H57N5O3. The van der Waals surface area contributed by atoms with Gasteiger partial charge >= 0.3 is 0 Å². The van der Waals surface area contributed by atoms with Gasteiger partial charge in [0.2, 0.25) is 6.41 Å². The molecule has 0 radical (unpaired) electrons. The third kappa shape index (κ3) is 28.1. The number of rotatable bonds is 14. The van der Waals surface area contributed by atoms with Crippen molar-refractivity contribution in [2.75, 3.05) is 33.4 Å². The predicted octanol–water partition coefficient (Wildman–Crippen LogP) is 4.76. The van der Waals surface area contributed by atoms with Crippen LogP contribution in [0.15, 0.2) is 72.8 Å². The molecule has 3 rings (SSSR count). The molecule has 3 aromatic carbocycles. The predicted molar refractivity (Wildman–Crippen MR) is 180 cm³/mol. The lowest BCUT2D eigenvalue weighted by Crippen LogP contribution is -2.24. The fourth-order valence-corrected chi connectivity index (χ4v) is 3.77. The van der Waals surface area contributed by atoms with Gasteiger partial charge in [-0.25, -0.2) is 0 Å². The first-order valence-electron chi connectivity index (χ1n) is 14.7. The second kappa shape index (κ2) is 37.6. The van der Waals surface area contributed by atoms with E-state index < -0.39 is 0 Å². The summed E-state index contributed by atoms with van der Waals surface area (Å²) in [4.78, 5) is 24.6. The number of benzene rings is 3. The van der Waals surface area contributed by atoms with Crippen LogP contribution in [-0.4, -0.2) is 53.3 Å². The second-order valence-electron chi connectivity index (χ2n) is 8.99. The number of amides is 1. The molecule has 236 valence electrons. The molecule has 0 aliphatic heterocycles. The van der Waals surface area contributed by atoms with Crippen LogP contribution in [0.5, 0.6) is 0 Å². The summed E-state index contributed by atoms with van der Waals surface area (Å²) in [7, 11) is 1.92. The zero-order valence-electron chi connectivity index (χ0n) is 26.1. The highest BCUT2D eigenvalue weighted by Gasteiger charge is 1.98. The average molecular weight is 584 g/mol. The zero-order chi connectivity index (χ0) is 32.1. The van der Waals surface area contributed by atoms with E-state index in [1.54, 1.807) is 0 Å². The molecule has 42 heavy (non-hydrogen) atoms. The first-order chi connectivity index (χ1) is 20.7. The number of unbranched alkanes of at least 4 members (excludes halogenated alkanes) is 5. The van der Waals surface area contributed by atoms with Crippen LogP contribution in [0.4, 0.5) is 0 Å². The highest BCUT2D eigenvalue weighted by Crippen LogP contribution is 2.17. The van der Waals surface area contributed by atoms with Gasteiger partial charge < -0.3 is 37.4 Å². The minimum absolute atomic E-state index is 0.250. The molecular weight excluding hydrogens is 526 g/mol. The topological polar surface area (TPSA) is 153 Å². The summed E-state index contributed by atoms with van der Waals surface area (Å²) in [6.45, 7) is 9.59. The average Bonchev–Trinajstić information content (AvgIpc) is 3.05. The molecule has 8 N–H and O–H groups in total. The summed E-state index contributed by atoms with van der Waals surface area (Å²) in [5.41, 5.74) is 17.4. The Hall–Kier alpha value is -3.43. The molecule has 8 heteroatoms. The quantitative estimate of drug-likeness (QED) is 0.104. The molecule has 0 heterocycles. The number of fused-ring (bicyclic) bond motifs is 1. The number of nitrogens with one attached hydrogen (secondary N) is 2. The van der Waals surface area contributed by atoms with Crippen LogP contribution in [0.1, 0.15) is 63.0 Å². The number of aryl methyl sites for hydroxylation is 2. The van der Waals surface area contributed by atoms with Gasteiger partial charge in [-0.05, 0) is 87.1 Å². The van der Waals surface area contributed by atoms with Crippen molar-refractivity contribution in [2.45, 2.75) is 64.7 Å². The van der Waals surface area contributed by atoms with E-state index in [0.717, 1.165) is 39.1 Å². The van der Waals surface area contributed by atoms with E-state index in [0.29, 0.717) is 0 Å². The highest BCUT2D eigenvalue weighted by molar-refractivity contribution is 5.82. The van der Waals surface area contributed by atoms with Gasteiger partial charge in [0, 0.05) is 6.67 Å². The van der Waals surface area contributed by atoms with Gasteiger partial charge in [0.05, 0.1) is 0 Å². The summed E-state index contributed by atoms with van der Waals surface area (Å²) in [5, 5.41) is 8.76. The number of primary amides is 1.